The Morgan fingerprint density at radius 2 is 1.57 bits per heavy atom. The first-order chi connectivity index (χ1) is 11.1. The molecule has 4 aliphatic carbocycles. The third-order valence-corrected chi connectivity index (χ3v) is 8.91. The zero-order valence-electron chi connectivity index (χ0n) is 13.1. The first kappa shape index (κ1) is 13.8. The molecule has 2 aromatic rings. The number of hydrogen-bond donors (Lipinski definition) is 0. The van der Waals surface area contributed by atoms with E-state index in [4.69, 9.17) is 0 Å². The highest BCUT2D eigenvalue weighted by Crippen LogP contribution is 2.77. The fourth-order valence-corrected chi connectivity index (χ4v) is 8.30. The zero-order chi connectivity index (χ0) is 15.8. The lowest BCUT2D eigenvalue weighted by molar-refractivity contribution is 0.507. The van der Waals surface area contributed by atoms with E-state index in [1.54, 1.807) is 6.07 Å². The molecule has 2 aromatic carbocycles. The summed E-state index contributed by atoms with van der Waals surface area (Å²) in [5, 5.41) is -0.163. The monoisotopic (exact) mass is 324 g/mol. The molecule has 118 valence electrons. The van der Waals surface area contributed by atoms with Gasteiger partial charge in [0.25, 0.3) is 0 Å². The Bertz CT molecular complexity index is 872. The Morgan fingerprint density at radius 3 is 2.26 bits per heavy atom. The maximum absolute atomic E-state index is 13.3. The summed E-state index contributed by atoms with van der Waals surface area (Å²) in [7, 11) is -3.23. The quantitative estimate of drug-likeness (QED) is 0.860. The highest BCUT2D eigenvalue weighted by atomic mass is 32.2. The molecule has 3 heteroatoms. The summed E-state index contributed by atoms with van der Waals surface area (Å²) in [6.07, 6.45) is 1.10. The molecule has 6 rings (SSSR count). The van der Waals surface area contributed by atoms with Crippen molar-refractivity contribution in [3.8, 4) is 0 Å². The highest BCUT2D eigenvalue weighted by molar-refractivity contribution is 7.92. The first-order valence-electron chi connectivity index (χ1n) is 8.45. The van der Waals surface area contributed by atoms with Crippen LogP contribution in [0, 0.1) is 30.6 Å². The molecule has 0 N–H and O–H groups in total. The van der Waals surface area contributed by atoms with E-state index in [1.807, 2.05) is 31.2 Å². The molecule has 4 aliphatic rings. The molecule has 0 aromatic heterocycles. The number of hydrogen-bond acceptors (Lipinski definition) is 2. The second-order valence-electron chi connectivity index (χ2n) is 7.43. The van der Waals surface area contributed by atoms with E-state index in [0.717, 1.165) is 12.0 Å². The maximum atomic E-state index is 13.3. The van der Waals surface area contributed by atoms with Crippen LogP contribution >= 0.6 is 0 Å². The molecule has 4 bridgehead atoms. The lowest BCUT2D eigenvalue weighted by Gasteiger charge is -2.22. The predicted molar refractivity (Wildman–Crippen MR) is 89.9 cm³/mol. The van der Waals surface area contributed by atoms with Gasteiger partial charge in [-0.15, -0.1) is 0 Å². The van der Waals surface area contributed by atoms with Crippen molar-refractivity contribution >= 4 is 9.84 Å². The van der Waals surface area contributed by atoms with Crippen molar-refractivity contribution in [2.75, 3.05) is 0 Å². The molecule has 4 saturated carbocycles. The van der Waals surface area contributed by atoms with Gasteiger partial charge in [-0.25, -0.2) is 8.42 Å². The van der Waals surface area contributed by atoms with Gasteiger partial charge in [-0.05, 0) is 60.1 Å². The van der Waals surface area contributed by atoms with Gasteiger partial charge in [-0.3, -0.25) is 0 Å². The van der Waals surface area contributed by atoms with Crippen molar-refractivity contribution in [1.82, 2.24) is 0 Å². The summed E-state index contributed by atoms with van der Waals surface area (Å²) in [6, 6.07) is 18.0. The van der Waals surface area contributed by atoms with Gasteiger partial charge in [0, 0.05) is 0 Å². The minimum absolute atomic E-state index is 0.163. The van der Waals surface area contributed by atoms with Crippen LogP contribution in [0.4, 0.5) is 0 Å². The molecule has 23 heavy (non-hydrogen) atoms. The van der Waals surface area contributed by atoms with Crippen LogP contribution in [-0.2, 0) is 9.84 Å². The lowest BCUT2D eigenvalue weighted by Crippen LogP contribution is -2.27. The first-order valence-corrected chi connectivity index (χ1v) is 10.00. The Kier molecular flexibility index (Phi) is 2.68. The number of benzene rings is 2. The van der Waals surface area contributed by atoms with Crippen LogP contribution in [0.5, 0.6) is 0 Å². The van der Waals surface area contributed by atoms with Crippen molar-refractivity contribution in [3.05, 3.63) is 65.7 Å². The lowest BCUT2D eigenvalue weighted by atomic mass is 9.90. The average molecular weight is 324 g/mol. The maximum Gasteiger partial charge on any atom is 0.182 e. The SMILES string of the molecule is Cc1ccccc1S(=O)(=O)C1C2CC3C(C2c2ccccc2)C31. The predicted octanol–water partition coefficient (Wildman–Crippen LogP) is 3.82. The van der Waals surface area contributed by atoms with Gasteiger partial charge in [0.15, 0.2) is 9.84 Å². The van der Waals surface area contributed by atoms with Crippen LogP contribution < -0.4 is 0 Å². The Labute approximate surface area is 137 Å². The van der Waals surface area contributed by atoms with Crippen LogP contribution in [0.3, 0.4) is 0 Å². The molecule has 0 heterocycles. The third-order valence-electron chi connectivity index (χ3n) is 6.46. The largest absolute Gasteiger partial charge is 0.223 e. The molecule has 6 atom stereocenters. The van der Waals surface area contributed by atoms with Gasteiger partial charge < -0.3 is 0 Å². The van der Waals surface area contributed by atoms with Crippen LogP contribution in [0.15, 0.2) is 59.5 Å². The summed E-state index contributed by atoms with van der Waals surface area (Å²) in [5.74, 6) is 2.41. The molecule has 0 saturated heterocycles. The molecule has 2 nitrogen and oxygen atoms in total. The fourth-order valence-electron chi connectivity index (χ4n) is 5.68. The number of sulfone groups is 1. The van der Waals surface area contributed by atoms with Crippen LogP contribution in [0.25, 0.3) is 0 Å². The highest BCUT2D eigenvalue weighted by Gasteiger charge is 2.76. The molecule has 0 radical (unpaired) electrons. The van der Waals surface area contributed by atoms with Gasteiger partial charge >= 0.3 is 0 Å². The molecule has 6 unspecified atom stereocenters. The van der Waals surface area contributed by atoms with Gasteiger partial charge in [0.05, 0.1) is 10.1 Å². The van der Waals surface area contributed by atoms with E-state index in [-0.39, 0.29) is 5.25 Å². The number of aryl methyl sites for hydroxylation is 1. The van der Waals surface area contributed by atoms with E-state index in [1.165, 1.54) is 5.56 Å². The van der Waals surface area contributed by atoms with Crippen molar-refractivity contribution in [1.29, 1.82) is 0 Å². The standard InChI is InChI=1S/C20H20O2S/c1-12-7-5-6-10-16(12)23(21,22)20-15-11-14-18(19(14)20)17(15)13-8-3-2-4-9-13/h2-10,14-15,17-20H,11H2,1H3. The van der Waals surface area contributed by atoms with Gasteiger partial charge in [0.2, 0.25) is 0 Å². The normalized spacial score (nSPS) is 37.1. The third kappa shape index (κ3) is 1.72. The van der Waals surface area contributed by atoms with E-state index >= 15 is 0 Å². The van der Waals surface area contributed by atoms with Gasteiger partial charge in [-0.1, -0.05) is 48.5 Å². The molecular weight excluding hydrogens is 304 g/mol. The summed E-state index contributed by atoms with van der Waals surface area (Å²) in [6.45, 7) is 1.91. The summed E-state index contributed by atoms with van der Waals surface area (Å²) >= 11 is 0. The average Bonchev–Trinajstić information content (AvgIpc) is 2.93. The van der Waals surface area contributed by atoms with E-state index in [2.05, 4.69) is 24.3 Å². The van der Waals surface area contributed by atoms with Crippen LogP contribution in [-0.4, -0.2) is 13.7 Å². The molecule has 0 aliphatic heterocycles. The molecule has 0 spiro atoms. The fraction of sp³-hybridized carbons (Fsp3) is 0.400. The Balaban J connectivity index is 1.56. The van der Waals surface area contributed by atoms with Crippen LogP contribution in [0.1, 0.15) is 23.5 Å². The topological polar surface area (TPSA) is 34.1 Å². The van der Waals surface area contributed by atoms with Crippen molar-refractivity contribution in [3.63, 3.8) is 0 Å². The molecule has 4 fully saturated rings. The molecular formula is C20H20O2S. The molecule has 0 amide bonds. The minimum Gasteiger partial charge on any atom is -0.223 e. The van der Waals surface area contributed by atoms with E-state index in [0.29, 0.717) is 34.5 Å². The summed E-state index contributed by atoms with van der Waals surface area (Å²) in [5.41, 5.74) is 2.22. The zero-order valence-corrected chi connectivity index (χ0v) is 13.9. The van der Waals surface area contributed by atoms with Crippen LogP contribution in [0.2, 0.25) is 0 Å². The van der Waals surface area contributed by atoms with E-state index in [9.17, 15) is 8.42 Å². The number of rotatable bonds is 3. The summed E-state index contributed by atoms with van der Waals surface area (Å²) in [4.78, 5) is 0.551. The Morgan fingerprint density at radius 1 is 0.870 bits per heavy atom. The van der Waals surface area contributed by atoms with Crippen molar-refractivity contribution < 1.29 is 8.42 Å². The smallest absolute Gasteiger partial charge is 0.182 e. The van der Waals surface area contributed by atoms with Crippen molar-refractivity contribution in [2.24, 2.45) is 23.7 Å². The summed E-state index contributed by atoms with van der Waals surface area (Å²) < 4.78 is 26.6. The van der Waals surface area contributed by atoms with Gasteiger partial charge in [0.1, 0.15) is 0 Å². The second-order valence-corrected chi connectivity index (χ2v) is 9.50. The Hall–Kier alpha value is -1.61. The minimum atomic E-state index is -3.23. The second kappa shape index (κ2) is 4.47. The van der Waals surface area contributed by atoms with Crippen molar-refractivity contribution in [2.45, 2.75) is 29.4 Å². The van der Waals surface area contributed by atoms with E-state index < -0.39 is 9.84 Å². The van der Waals surface area contributed by atoms with Gasteiger partial charge in [-0.2, -0.15) is 0 Å².